The van der Waals surface area contributed by atoms with Crippen LogP contribution in [0.4, 0.5) is 0 Å². The highest BCUT2D eigenvalue weighted by Crippen LogP contribution is 2.15. The van der Waals surface area contributed by atoms with Gasteiger partial charge in [-0.1, -0.05) is 12.1 Å². The van der Waals surface area contributed by atoms with Crippen molar-refractivity contribution in [3.8, 4) is 5.75 Å². The van der Waals surface area contributed by atoms with E-state index in [-0.39, 0.29) is 11.6 Å². The molecule has 0 atom stereocenters. The predicted molar refractivity (Wildman–Crippen MR) is 85.5 cm³/mol. The van der Waals surface area contributed by atoms with Crippen LogP contribution in [-0.2, 0) is 6.54 Å². The van der Waals surface area contributed by atoms with Crippen molar-refractivity contribution in [2.45, 2.75) is 6.54 Å². The molecule has 2 aromatic heterocycles. The third-order valence-corrected chi connectivity index (χ3v) is 3.52. The number of imidazole rings is 1. The molecule has 0 radical (unpaired) electrons. The summed E-state index contributed by atoms with van der Waals surface area (Å²) in [6.45, 7) is 0.442. The van der Waals surface area contributed by atoms with E-state index in [1.165, 1.54) is 6.20 Å². The number of rotatable bonds is 4. The SMILES string of the molecule is COc1cccc(CN(C)C(=O)c2cnc3[nH]c(=O)[nH]c3c2)c1. The Morgan fingerprint density at radius 3 is 2.91 bits per heavy atom. The number of hydrogen-bond donors (Lipinski definition) is 2. The lowest BCUT2D eigenvalue weighted by molar-refractivity contribution is 0.0784. The first-order valence-corrected chi connectivity index (χ1v) is 7.03. The summed E-state index contributed by atoms with van der Waals surface area (Å²) in [6, 6.07) is 9.16. The molecule has 7 nitrogen and oxygen atoms in total. The van der Waals surface area contributed by atoms with Gasteiger partial charge >= 0.3 is 5.69 Å². The number of pyridine rings is 1. The summed E-state index contributed by atoms with van der Waals surface area (Å²) >= 11 is 0. The van der Waals surface area contributed by atoms with Crippen LogP contribution >= 0.6 is 0 Å². The first-order chi connectivity index (χ1) is 11.1. The Hall–Kier alpha value is -3.09. The van der Waals surface area contributed by atoms with Gasteiger partial charge < -0.3 is 14.6 Å². The summed E-state index contributed by atoms with van der Waals surface area (Å²) in [5, 5.41) is 0. The Morgan fingerprint density at radius 2 is 2.13 bits per heavy atom. The summed E-state index contributed by atoms with van der Waals surface area (Å²) in [4.78, 5) is 34.6. The van der Waals surface area contributed by atoms with E-state index in [2.05, 4.69) is 15.0 Å². The van der Waals surface area contributed by atoms with Gasteiger partial charge in [0.1, 0.15) is 5.75 Å². The van der Waals surface area contributed by atoms with Gasteiger partial charge in [-0.25, -0.2) is 9.78 Å². The van der Waals surface area contributed by atoms with Crippen LogP contribution in [0, 0.1) is 0 Å². The van der Waals surface area contributed by atoms with Crippen LogP contribution in [0.15, 0.2) is 41.3 Å². The highest BCUT2D eigenvalue weighted by atomic mass is 16.5. The fraction of sp³-hybridized carbons (Fsp3) is 0.188. The lowest BCUT2D eigenvalue weighted by Gasteiger charge is -2.17. The van der Waals surface area contributed by atoms with Gasteiger partial charge in [-0.15, -0.1) is 0 Å². The summed E-state index contributed by atoms with van der Waals surface area (Å²) in [5.41, 5.74) is 1.97. The maximum Gasteiger partial charge on any atom is 0.325 e. The van der Waals surface area contributed by atoms with Crippen molar-refractivity contribution in [1.82, 2.24) is 19.9 Å². The minimum Gasteiger partial charge on any atom is -0.497 e. The van der Waals surface area contributed by atoms with E-state index >= 15 is 0 Å². The number of aromatic amines is 2. The molecule has 118 valence electrons. The summed E-state index contributed by atoms with van der Waals surface area (Å²) < 4.78 is 5.18. The molecule has 3 rings (SSSR count). The number of amides is 1. The molecule has 1 aromatic carbocycles. The summed E-state index contributed by atoms with van der Waals surface area (Å²) in [5.74, 6) is 0.570. The second-order valence-electron chi connectivity index (χ2n) is 5.21. The quantitative estimate of drug-likeness (QED) is 0.764. The van der Waals surface area contributed by atoms with E-state index in [1.807, 2.05) is 24.3 Å². The number of carbonyl (C=O) groups excluding carboxylic acids is 1. The number of carbonyl (C=O) groups is 1. The molecule has 0 spiro atoms. The number of nitrogens with one attached hydrogen (secondary N) is 2. The molecule has 0 aliphatic heterocycles. The maximum absolute atomic E-state index is 12.5. The highest BCUT2D eigenvalue weighted by molar-refractivity contribution is 5.96. The molecule has 0 bridgehead atoms. The van der Waals surface area contributed by atoms with Gasteiger partial charge in [-0.3, -0.25) is 9.78 Å². The Balaban J connectivity index is 1.81. The average Bonchev–Trinajstić information content (AvgIpc) is 2.93. The number of H-pyrrole nitrogens is 2. The van der Waals surface area contributed by atoms with Gasteiger partial charge in [-0.05, 0) is 23.8 Å². The Labute approximate surface area is 131 Å². The normalized spacial score (nSPS) is 10.7. The third kappa shape index (κ3) is 3.08. The first kappa shape index (κ1) is 14.8. The van der Waals surface area contributed by atoms with Gasteiger partial charge in [0.2, 0.25) is 0 Å². The molecule has 0 unspecified atom stereocenters. The molecule has 0 aliphatic rings. The molecular formula is C16H16N4O3. The molecule has 0 saturated carbocycles. The van der Waals surface area contributed by atoms with Crippen molar-refractivity contribution < 1.29 is 9.53 Å². The minimum atomic E-state index is -0.346. The number of nitrogens with zero attached hydrogens (tertiary/aromatic N) is 2. The van der Waals surface area contributed by atoms with Crippen LogP contribution in [0.3, 0.4) is 0 Å². The Kier molecular flexibility index (Phi) is 3.84. The molecule has 0 fully saturated rings. The standard InChI is InChI=1S/C16H16N4O3/c1-20(9-10-4-3-5-12(6-10)23-2)15(21)11-7-13-14(17-8-11)19-16(22)18-13/h3-8H,9H2,1-2H3,(H2,17,18,19,22). The lowest BCUT2D eigenvalue weighted by Crippen LogP contribution is -2.26. The summed E-state index contributed by atoms with van der Waals surface area (Å²) in [6.07, 6.45) is 1.45. The van der Waals surface area contributed by atoms with Crippen molar-refractivity contribution in [2.75, 3.05) is 14.2 Å². The topological polar surface area (TPSA) is 91.1 Å². The molecule has 1 amide bonds. The lowest BCUT2D eigenvalue weighted by atomic mass is 10.2. The van der Waals surface area contributed by atoms with Gasteiger partial charge in [-0.2, -0.15) is 0 Å². The molecule has 7 heteroatoms. The zero-order chi connectivity index (χ0) is 16.4. The van der Waals surface area contributed by atoms with E-state index in [0.29, 0.717) is 23.3 Å². The van der Waals surface area contributed by atoms with E-state index in [0.717, 1.165) is 11.3 Å². The van der Waals surface area contributed by atoms with Crippen molar-refractivity contribution >= 4 is 17.1 Å². The van der Waals surface area contributed by atoms with Gasteiger partial charge in [0.25, 0.3) is 5.91 Å². The van der Waals surface area contributed by atoms with Crippen LogP contribution in [0.1, 0.15) is 15.9 Å². The predicted octanol–water partition coefficient (Wildman–Crippen LogP) is 1.53. The van der Waals surface area contributed by atoms with Gasteiger partial charge in [0.15, 0.2) is 5.65 Å². The van der Waals surface area contributed by atoms with Gasteiger partial charge in [0, 0.05) is 19.8 Å². The zero-order valence-electron chi connectivity index (χ0n) is 12.8. The second-order valence-corrected chi connectivity index (χ2v) is 5.21. The largest absolute Gasteiger partial charge is 0.497 e. The van der Waals surface area contributed by atoms with E-state index in [9.17, 15) is 9.59 Å². The smallest absolute Gasteiger partial charge is 0.325 e. The highest BCUT2D eigenvalue weighted by Gasteiger charge is 2.14. The van der Waals surface area contributed by atoms with E-state index < -0.39 is 0 Å². The van der Waals surface area contributed by atoms with Crippen molar-refractivity contribution in [3.63, 3.8) is 0 Å². The number of ether oxygens (including phenoxy) is 1. The van der Waals surface area contributed by atoms with Crippen molar-refractivity contribution in [1.29, 1.82) is 0 Å². The number of methoxy groups -OCH3 is 1. The summed E-state index contributed by atoms with van der Waals surface area (Å²) in [7, 11) is 3.32. The Bertz CT molecular complexity index is 913. The molecular weight excluding hydrogens is 296 g/mol. The van der Waals surface area contributed by atoms with E-state index in [1.54, 1.807) is 25.1 Å². The first-order valence-electron chi connectivity index (χ1n) is 7.03. The molecule has 2 heterocycles. The second kappa shape index (κ2) is 5.96. The molecule has 2 N–H and O–H groups in total. The molecule has 0 aliphatic carbocycles. The van der Waals surface area contributed by atoms with Crippen LogP contribution in [0.2, 0.25) is 0 Å². The number of benzene rings is 1. The zero-order valence-corrected chi connectivity index (χ0v) is 12.8. The number of hydrogen-bond acceptors (Lipinski definition) is 4. The average molecular weight is 312 g/mol. The van der Waals surface area contributed by atoms with Crippen LogP contribution in [-0.4, -0.2) is 39.9 Å². The molecule has 23 heavy (non-hydrogen) atoms. The van der Waals surface area contributed by atoms with Crippen molar-refractivity contribution in [2.24, 2.45) is 0 Å². The molecule has 3 aromatic rings. The monoisotopic (exact) mass is 312 g/mol. The minimum absolute atomic E-state index is 0.177. The molecule has 0 saturated heterocycles. The number of fused-ring (bicyclic) bond motifs is 1. The van der Waals surface area contributed by atoms with E-state index in [4.69, 9.17) is 4.74 Å². The Morgan fingerprint density at radius 1 is 1.30 bits per heavy atom. The maximum atomic E-state index is 12.5. The third-order valence-electron chi connectivity index (χ3n) is 3.52. The van der Waals surface area contributed by atoms with Crippen LogP contribution in [0.25, 0.3) is 11.2 Å². The fourth-order valence-corrected chi connectivity index (χ4v) is 2.37. The number of aromatic nitrogens is 3. The van der Waals surface area contributed by atoms with Gasteiger partial charge in [0.05, 0.1) is 18.2 Å². The fourth-order valence-electron chi connectivity index (χ4n) is 2.37. The van der Waals surface area contributed by atoms with Crippen LogP contribution in [0.5, 0.6) is 5.75 Å². The van der Waals surface area contributed by atoms with Crippen molar-refractivity contribution in [3.05, 3.63) is 58.1 Å². The van der Waals surface area contributed by atoms with Crippen LogP contribution < -0.4 is 10.4 Å².